The average molecular weight is 1360 g/mol. The molecular formula is C42H54N20O25P4. The summed E-state index contributed by atoms with van der Waals surface area (Å²) in [5.41, 5.74) is 24.2. The molecule has 4 fully saturated rings. The van der Waals surface area contributed by atoms with Gasteiger partial charge in [0.15, 0.2) is 70.8 Å². The fraction of sp³-hybridized carbons (Fsp3) is 0.524. The Balaban J connectivity index is 0.724. The number of aliphatic hydroxyl groups excluding tert-OH is 5. The topological polar surface area (TPSA) is 651 Å². The molecule has 8 aromatic heterocycles. The second kappa shape index (κ2) is 25.1. The van der Waals surface area contributed by atoms with E-state index in [0.717, 1.165) is 48.9 Å². The average Bonchev–Trinajstić information content (AvgIpc) is 1.65. The van der Waals surface area contributed by atoms with Crippen LogP contribution in [0.4, 0.5) is 23.3 Å². The van der Waals surface area contributed by atoms with Gasteiger partial charge >= 0.3 is 30.8 Å². The molecular weight excluding hydrogens is 1310 g/mol. The van der Waals surface area contributed by atoms with Crippen LogP contribution in [0.25, 0.3) is 44.7 Å². The minimum Gasteiger partial charge on any atom is -0.387 e. The molecule has 12 rings (SSSR count). The third-order valence-electron chi connectivity index (χ3n) is 14.7. The molecule has 0 spiro atoms. The zero-order valence-electron chi connectivity index (χ0n) is 45.9. The summed E-state index contributed by atoms with van der Waals surface area (Å²) in [6.45, 7) is -3.74. The number of ether oxygens (including phenoxy) is 6. The van der Waals surface area contributed by atoms with Crippen molar-refractivity contribution in [1.82, 2.24) is 78.1 Å². The largest absolute Gasteiger partial charge is 0.472 e. The van der Waals surface area contributed by atoms with Gasteiger partial charge in [-0.1, -0.05) is 0 Å². The molecule has 12 heterocycles. The Bertz CT molecular complexity index is 4190. The molecule has 91 heavy (non-hydrogen) atoms. The van der Waals surface area contributed by atoms with Crippen molar-refractivity contribution in [2.24, 2.45) is 0 Å². The molecule has 3 unspecified atom stereocenters. The number of hydrogen-bond acceptors (Lipinski definition) is 36. The van der Waals surface area contributed by atoms with Crippen molar-refractivity contribution in [3.05, 3.63) is 50.6 Å². The Labute approximate surface area is 505 Å². The Morgan fingerprint density at radius 3 is 1.08 bits per heavy atom. The molecule has 0 amide bonds. The Morgan fingerprint density at radius 1 is 0.396 bits per heavy atom. The first kappa shape index (κ1) is 64.6. The predicted octanol–water partition coefficient (Wildman–Crippen LogP) is -4.23. The highest BCUT2D eigenvalue weighted by Gasteiger charge is 2.54. The zero-order valence-corrected chi connectivity index (χ0v) is 49.5. The quantitative estimate of drug-likeness (QED) is 0.0255. The van der Waals surface area contributed by atoms with Gasteiger partial charge < -0.3 is 110 Å². The molecule has 0 aliphatic carbocycles. The molecule has 0 saturated carbocycles. The maximum absolute atomic E-state index is 14.1. The van der Waals surface area contributed by atoms with Gasteiger partial charge in [0.1, 0.15) is 133 Å². The summed E-state index contributed by atoms with van der Waals surface area (Å²) < 4.78 is 119. The third kappa shape index (κ3) is 13.0. The fourth-order valence-electron chi connectivity index (χ4n) is 10.4. The Morgan fingerprint density at radius 2 is 0.703 bits per heavy atom. The van der Waals surface area contributed by atoms with E-state index in [-0.39, 0.29) is 67.9 Å². The van der Waals surface area contributed by atoms with Crippen molar-refractivity contribution in [3.63, 3.8) is 0 Å². The fourth-order valence-corrected chi connectivity index (χ4v) is 13.3. The summed E-state index contributed by atoms with van der Waals surface area (Å²) in [4.78, 5) is 101. The van der Waals surface area contributed by atoms with E-state index < -0.39 is 168 Å². The summed E-state index contributed by atoms with van der Waals surface area (Å²) in [6, 6.07) is 0. The smallest absolute Gasteiger partial charge is 0.387 e. The van der Waals surface area contributed by atoms with Gasteiger partial charge in [0.2, 0.25) is 0 Å². The van der Waals surface area contributed by atoms with Gasteiger partial charge in [0.25, 0.3) is 0 Å². The molecule has 0 aromatic carbocycles. The number of hydrogen-bond donors (Lipinski definition) is 14. The number of phosphoric acid groups is 2. The van der Waals surface area contributed by atoms with Gasteiger partial charge in [0.05, 0.1) is 51.7 Å². The highest BCUT2D eigenvalue weighted by molar-refractivity contribution is 7.52. The number of nitrogens with zero attached hydrogens (tertiary/aromatic N) is 16. The van der Waals surface area contributed by atoms with Gasteiger partial charge in [-0.05, 0) is 0 Å². The Kier molecular flexibility index (Phi) is 17.8. The van der Waals surface area contributed by atoms with Crippen molar-refractivity contribution in [3.8, 4) is 0 Å². The number of fused-ring (bicyclic) bond motifs is 4. The predicted molar refractivity (Wildman–Crippen MR) is 294 cm³/mol. The molecule has 0 bridgehead atoms. The van der Waals surface area contributed by atoms with Gasteiger partial charge in [-0.25, -0.2) is 68.9 Å². The molecule has 18 N–H and O–H groups in total. The first-order chi connectivity index (χ1) is 43.2. The number of imidazole rings is 4. The minimum absolute atomic E-state index is 0.00320. The zero-order chi connectivity index (χ0) is 64.6. The number of phosphoric ester groups is 2. The molecule has 0 radical (unpaired) electrons. The SMILES string of the molecule is Nc1ncnc2c1ncn2[C@@H]1O[C@H](COP(=O)(O)CO[C@H]2[C@H](O)[C@@H](COP(=O)(O)O[C@@H]3[C@H](O)[C@@H](COP(=O)(O)CO[C@H]4[C@H](O)[C@@H](COP(=O)(O)O)O[C@H]4n4cnc5c(N)ncnc54)O[C@H]3n3cnc4c(N)ncnc43)O[C@H]2n2cnc3c(N)ncnc32)[C@@H](O)[C@H]1O. The summed E-state index contributed by atoms with van der Waals surface area (Å²) in [7, 11) is -20.6. The van der Waals surface area contributed by atoms with E-state index in [9.17, 15) is 68.3 Å². The monoisotopic (exact) mass is 1360 g/mol. The maximum atomic E-state index is 14.1. The highest BCUT2D eigenvalue weighted by Crippen LogP contribution is 2.53. The van der Waals surface area contributed by atoms with Crippen LogP contribution in [0.15, 0.2) is 50.6 Å². The lowest BCUT2D eigenvalue weighted by Gasteiger charge is -2.25. The summed E-state index contributed by atoms with van der Waals surface area (Å²) in [5, 5.41) is 56.7. The summed E-state index contributed by atoms with van der Waals surface area (Å²) in [5.74, 6) is -0.251. The normalized spacial score (nSPS) is 30.9. The lowest BCUT2D eigenvalue weighted by atomic mass is 10.1. The molecule has 4 aliphatic rings. The number of nitrogens with two attached hydrogens (primary N) is 4. The van der Waals surface area contributed by atoms with Gasteiger partial charge in [-0.3, -0.25) is 41.0 Å². The molecule has 4 saturated heterocycles. The van der Waals surface area contributed by atoms with Crippen molar-refractivity contribution >= 4 is 98.8 Å². The van der Waals surface area contributed by atoms with Crippen LogP contribution in [0.1, 0.15) is 24.9 Å². The van der Waals surface area contributed by atoms with Crippen LogP contribution < -0.4 is 22.9 Å². The molecule has 49 heteroatoms. The van der Waals surface area contributed by atoms with Crippen LogP contribution in [-0.4, -0.2) is 240 Å². The summed E-state index contributed by atoms with van der Waals surface area (Å²) in [6.07, 6.45) is -20.3. The van der Waals surface area contributed by atoms with E-state index >= 15 is 0 Å². The van der Waals surface area contributed by atoms with Gasteiger partial charge in [-0.15, -0.1) is 0 Å². The number of anilines is 4. The molecule has 8 aromatic rings. The summed E-state index contributed by atoms with van der Waals surface area (Å²) >= 11 is 0. The number of aromatic nitrogens is 16. The van der Waals surface area contributed by atoms with Crippen LogP contribution >= 0.6 is 30.8 Å². The van der Waals surface area contributed by atoms with Crippen molar-refractivity contribution < 1.29 is 119 Å². The highest BCUT2D eigenvalue weighted by atomic mass is 31.2. The van der Waals surface area contributed by atoms with Crippen LogP contribution in [0.2, 0.25) is 0 Å². The molecule has 45 nitrogen and oxygen atoms in total. The van der Waals surface area contributed by atoms with E-state index in [1.165, 1.54) is 20.0 Å². The van der Waals surface area contributed by atoms with E-state index in [1.54, 1.807) is 0 Å². The standard InChI is InChI=1S/C42H54N20O25P4/c43-31-19-35(51-5-47-31)59(9-55-19)39-27(67)23(63)15(83-39)1-79-88(68,69)13-78-29-25(65)18(85-41(29)61-11-57-21-33(45)49-7-53-37(21)61)4-82-91(75,76)87-30-26(66)16(86-42(30)62-12-58-22-34(46)50-8-54-38(22)62)2-80-89(70,71)14-77-28-24(64)17(3-81-90(72,73)74)84-40(28)60-10-56-20-32(44)48-6-52-36(20)60/h5-12,15-18,23-30,39-42,63-67H,1-4,13-14H2,(H,68,69)(H,70,71)(H,75,76)(H2,43,47,51)(H2,44,48,52)(H2,45,49,53)(H2,46,50,54)(H2,72,73,74)/t15-,16-,17-,18-,23-,24-,25-,26-,27-,28+,29+,30-,39-,40-,41-,42-/m1/s1. The number of aliphatic hydroxyl groups is 5. The first-order valence-corrected chi connectivity index (χ1v) is 33.0. The van der Waals surface area contributed by atoms with Crippen LogP contribution in [0.5, 0.6) is 0 Å². The van der Waals surface area contributed by atoms with Crippen LogP contribution in [0, 0.1) is 0 Å². The number of nitrogen functional groups attached to an aromatic ring is 4. The lowest BCUT2D eigenvalue weighted by molar-refractivity contribution is -0.0691. The molecule has 4 aliphatic heterocycles. The van der Waals surface area contributed by atoms with Crippen molar-refractivity contribution in [2.75, 3.05) is 62.1 Å². The maximum Gasteiger partial charge on any atom is 0.472 e. The van der Waals surface area contributed by atoms with Crippen LogP contribution in [-0.2, 0) is 69.3 Å². The van der Waals surface area contributed by atoms with Gasteiger partial charge in [-0.2, -0.15) is 0 Å². The van der Waals surface area contributed by atoms with E-state index in [1.807, 2.05) is 0 Å². The Hall–Kier alpha value is -6.52. The number of rotatable bonds is 24. The van der Waals surface area contributed by atoms with Crippen molar-refractivity contribution in [2.45, 2.75) is 98.2 Å². The first-order valence-electron chi connectivity index (χ1n) is 26.4. The van der Waals surface area contributed by atoms with Crippen molar-refractivity contribution in [1.29, 1.82) is 0 Å². The minimum atomic E-state index is -5.56. The third-order valence-corrected chi connectivity index (χ3v) is 18.3. The second-order valence-corrected chi connectivity index (χ2v) is 26.8. The molecule has 19 atom stereocenters. The molecule has 492 valence electrons. The van der Waals surface area contributed by atoms with Gasteiger partial charge in [0, 0.05) is 0 Å². The lowest BCUT2D eigenvalue weighted by Crippen LogP contribution is -2.37. The van der Waals surface area contributed by atoms with E-state index in [0.29, 0.717) is 0 Å². The second-order valence-electron chi connectivity index (χ2n) is 20.6. The van der Waals surface area contributed by atoms with E-state index in [2.05, 4.69) is 64.3 Å². The van der Waals surface area contributed by atoms with Crippen LogP contribution in [0.3, 0.4) is 0 Å². The van der Waals surface area contributed by atoms with E-state index in [4.69, 9.17) is 69.5 Å².